The van der Waals surface area contributed by atoms with Gasteiger partial charge in [-0.15, -0.1) is 0 Å². The van der Waals surface area contributed by atoms with Crippen LogP contribution in [0.1, 0.15) is 39.3 Å². The van der Waals surface area contributed by atoms with Gasteiger partial charge < -0.3 is 9.47 Å². The SMILES string of the molecule is CCOC(=O)C(C(=O)OCC)c1c([N+](=O)[O-])c(=O)n(CC)c(=O)n1CC. The second kappa shape index (κ2) is 8.92. The van der Waals surface area contributed by atoms with E-state index in [0.717, 1.165) is 4.57 Å². The third-order valence-electron chi connectivity index (χ3n) is 3.58. The van der Waals surface area contributed by atoms with Crippen LogP contribution < -0.4 is 11.2 Å². The maximum absolute atomic E-state index is 12.5. The van der Waals surface area contributed by atoms with Crippen molar-refractivity contribution in [3.05, 3.63) is 36.6 Å². The minimum atomic E-state index is -1.91. The topological polar surface area (TPSA) is 140 Å². The lowest BCUT2D eigenvalue weighted by molar-refractivity contribution is -0.388. The molecule has 0 aliphatic rings. The van der Waals surface area contributed by atoms with Crippen LogP contribution in [0.3, 0.4) is 0 Å². The number of nitro groups is 1. The number of hydrogen-bond donors (Lipinski definition) is 0. The smallest absolute Gasteiger partial charge is 0.355 e. The zero-order chi connectivity index (χ0) is 20.0. The summed E-state index contributed by atoms with van der Waals surface area (Å²) < 4.78 is 11.1. The van der Waals surface area contributed by atoms with Crippen LogP contribution in [0.4, 0.5) is 5.69 Å². The van der Waals surface area contributed by atoms with Gasteiger partial charge in [-0.2, -0.15) is 0 Å². The molecule has 144 valence electrons. The first-order valence-corrected chi connectivity index (χ1v) is 8.11. The third kappa shape index (κ3) is 3.81. The number of carbonyl (C=O) groups is 2. The molecule has 1 heterocycles. The van der Waals surface area contributed by atoms with Crippen molar-refractivity contribution in [1.82, 2.24) is 9.13 Å². The van der Waals surface area contributed by atoms with Gasteiger partial charge in [0, 0.05) is 13.1 Å². The van der Waals surface area contributed by atoms with E-state index in [-0.39, 0.29) is 26.3 Å². The summed E-state index contributed by atoms with van der Waals surface area (Å²) in [5.74, 6) is -4.18. The van der Waals surface area contributed by atoms with E-state index in [0.29, 0.717) is 4.57 Å². The Kier molecular flexibility index (Phi) is 7.23. The molecule has 0 bridgehead atoms. The Bertz CT molecular complexity index is 805. The number of nitrogens with zero attached hydrogens (tertiary/aromatic N) is 3. The fraction of sp³-hybridized carbons (Fsp3) is 0.600. The number of carbonyl (C=O) groups excluding carboxylic acids is 2. The molecule has 1 aromatic heterocycles. The zero-order valence-corrected chi connectivity index (χ0v) is 15.0. The highest BCUT2D eigenvalue weighted by Gasteiger charge is 2.42. The molecule has 0 saturated carbocycles. The quantitative estimate of drug-likeness (QED) is 0.272. The number of esters is 2. The van der Waals surface area contributed by atoms with Gasteiger partial charge in [0.15, 0.2) is 0 Å². The first-order chi connectivity index (χ1) is 12.3. The molecule has 11 heteroatoms. The molecule has 11 nitrogen and oxygen atoms in total. The number of hydrogen-bond acceptors (Lipinski definition) is 8. The van der Waals surface area contributed by atoms with Crippen LogP contribution in [0.2, 0.25) is 0 Å². The Morgan fingerprint density at radius 2 is 1.46 bits per heavy atom. The third-order valence-corrected chi connectivity index (χ3v) is 3.58. The predicted molar refractivity (Wildman–Crippen MR) is 89.0 cm³/mol. The Balaban J connectivity index is 3.98. The zero-order valence-electron chi connectivity index (χ0n) is 15.0. The maximum atomic E-state index is 12.5. The van der Waals surface area contributed by atoms with Crippen LogP contribution in [-0.2, 0) is 32.2 Å². The van der Waals surface area contributed by atoms with E-state index in [4.69, 9.17) is 9.47 Å². The van der Waals surface area contributed by atoms with E-state index >= 15 is 0 Å². The molecule has 26 heavy (non-hydrogen) atoms. The van der Waals surface area contributed by atoms with Crippen LogP contribution in [-0.4, -0.2) is 39.2 Å². The summed E-state index contributed by atoms with van der Waals surface area (Å²) in [5.41, 5.74) is -3.71. The summed E-state index contributed by atoms with van der Waals surface area (Å²) in [6, 6.07) is 0. The number of ether oxygens (including phenoxy) is 2. The van der Waals surface area contributed by atoms with Crippen molar-refractivity contribution >= 4 is 17.6 Å². The van der Waals surface area contributed by atoms with Crippen molar-refractivity contribution in [1.29, 1.82) is 0 Å². The summed E-state index contributed by atoms with van der Waals surface area (Å²) in [6.45, 7) is 5.50. The van der Waals surface area contributed by atoms with Crippen LogP contribution in [0.5, 0.6) is 0 Å². The second-order valence-electron chi connectivity index (χ2n) is 5.00. The molecule has 0 saturated heterocycles. The highest BCUT2D eigenvalue weighted by molar-refractivity contribution is 6.01. The molecule has 0 radical (unpaired) electrons. The second-order valence-corrected chi connectivity index (χ2v) is 5.00. The lowest BCUT2D eigenvalue weighted by atomic mass is 10.0. The minimum Gasteiger partial charge on any atom is -0.465 e. The molecule has 0 unspecified atom stereocenters. The maximum Gasteiger partial charge on any atom is 0.355 e. The Labute approximate surface area is 148 Å². The fourth-order valence-electron chi connectivity index (χ4n) is 2.52. The summed E-state index contributed by atoms with van der Waals surface area (Å²) in [6.07, 6.45) is 0. The van der Waals surface area contributed by atoms with Gasteiger partial charge in [0.2, 0.25) is 5.92 Å². The average molecular weight is 371 g/mol. The Morgan fingerprint density at radius 1 is 1.00 bits per heavy atom. The lowest BCUT2D eigenvalue weighted by Crippen LogP contribution is -2.44. The summed E-state index contributed by atoms with van der Waals surface area (Å²) >= 11 is 0. The molecular formula is C15H21N3O8. The fourth-order valence-corrected chi connectivity index (χ4v) is 2.52. The van der Waals surface area contributed by atoms with Crippen molar-refractivity contribution in [2.24, 2.45) is 0 Å². The van der Waals surface area contributed by atoms with E-state index in [2.05, 4.69) is 0 Å². The summed E-state index contributed by atoms with van der Waals surface area (Å²) in [4.78, 5) is 60.1. The highest BCUT2D eigenvalue weighted by atomic mass is 16.6. The Hall–Kier alpha value is -2.98. The molecule has 0 aliphatic carbocycles. The molecule has 0 aliphatic heterocycles. The normalized spacial score (nSPS) is 10.7. The molecule has 0 fully saturated rings. The predicted octanol–water partition coefficient (Wildman–Crippen LogP) is 0.168. The molecule has 0 atom stereocenters. The molecule has 0 amide bonds. The standard InChI is InChI=1S/C15H21N3O8/c1-5-16-10(9(13(20)25-7-3)14(21)26-8-4)11(18(23)24)12(19)17(6-2)15(16)22/h9H,5-8H2,1-4H3. The van der Waals surface area contributed by atoms with Crippen molar-refractivity contribution in [3.63, 3.8) is 0 Å². The van der Waals surface area contributed by atoms with E-state index in [1.54, 1.807) is 0 Å². The van der Waals surface area contributed by atoms with Crippen molar-refractivity contribution in [2.75, 3.05) is 13.2 Å². The number of rotatable bonds is 8. The van der Waals surface area contributed by atoms with E-state index < -0.39 is 45.4 Å². The van der Waals surface area contributed by atoms with E-state index in [1.807, 2.05) is 0 Å². The Morgan fingerprint density at radius 3 is 1.81 bits per heavy atom. The first kappa shape index (κ1) is 21.1. The summed E-state index contributed by atoms with van der Waals surface area (Å²) in [5, 5.41) is 11.5. The minimum absolute atomic E-state index is 0.106. The van der Waals surface area contributed by atoms with Gasteiger partial charge in [0.05, 0.1) is 18.1 Å². The lowest BCUT2D eigenvalue weighted by Gasteiger charge is -2.19. The van der Waals surface area contributed by atoms with Gasteiger partial charge in [0.25, 0.3) is 0 Å². The monoisotopic (exact) mass is 371 g/mol. The average Bonchev–Trinajstić information content (AvgIpc) is 2.55. The molecule has 0 N–H and O–H groups in total. The van der Waals surface area contributed by atoms with Gasteiger partial charge in [0.1, 0.15) is 5.69 Å². The van der Waals surface area contributed by atoms with Crippen molar-refractivity contribution in [2.45, 2.75) is 46.7 Å². The summed E-state index contributed by atoms with van der Waals surface area (Å²) in [7, 11) is 0. The molecular weight excluding hydrogens is 350 g/mol. The van der Waals surface area contributed by atoms with Crippen molar-refractivity contribution in [3.8, 4) is 0 Å². The largest absolute Gasteiger partial charge is 0.465 e. The van der Waals surface area contributed by atoms with Gasteiger partial charge in [-0.25, -0.2) is 4.79 Å². The van der Waals surface area contributed by atoms with Crippen LogP contribution in [0.15, 0.2) is 9.59 Å². The highest BCUT2D eigenvalue weighted by Crippen LogP contribution is 2.25. The first-order valence-electron chi connectivity index (χ1n) is 8.11. The molecule has 1 aromatic rings. The molecule has 0 spiro atoms. The van der Waals surface area contributed by atoms with Crippen LogP contribution in [0.25, 0.3) is 0 Å². The van der Waals surface area contributed by atoms with Crippen LogP contribution in [0, 0.1) is 10.1 Å². The molecule has 1 rings (SSSR count). The van der Waals surface area contributed by atoms with E-state index in [1.165, 1.54) is 27.7 Å². The van der Waals surface area contributed by atoms with Gasteiger partial charge in [-0.1, -0.05) is 0 Å². The van der Waals surface area contributed by atoms with Gasteiger partial charge >= 0.3 is 28.9 Å². The van der Waals surface area contributed by atoms with Gasteiger partial charge in [-0.05, 0) is 27.7 Å². The molecule has 0 aromatic carbocycles. The van der Waals surface area contributed by atoms with E-state index in [9.17, 15) is 29.3 Å². The van der Waals surface area contributed by atoms with Crippen LogP contribution >= 0.6 is 0 Å². The van der Waals surface area contributed by atoms with Gasteiger partial charge in [-0.3, -0.25) is 33.6 Å². The van der Waals surface area contributed by atoms with Crippen molar-refractivity contribution < 1.29 is 24.0 Å². The number of aromatic nitrogens is 2.